The Balaban J connectivity index is 2.48. The van der Waals surface area contributed by atoms with Crippen molar-refractivity contribution < 1.29 is 22.6 Å². The molecule has 0 spiro atoms. The van der Waals surface area contributed by atoms with Crippen LogP contribution in [0.15, 0.2) is 6.20 Å². The van der Waals surface area contributed by atoms with E-state index in [2.05, 4.69) is 10.3 Å². The molecule has 1 rings (SSSR count). The second-order valence-corrected chi connectivity index (χ2v) is 4.86. The fourth-order valence-electron chi connectivity index (χ4n) is 1.45. The number of nitrogens with zero attached hydrogens (tertiary/aromatic N) is 1. The molecule has 8 heteroatoms. The van der Waals surface area contributed by atoms with Gasteiger partial charge in [0.05, 0.1) is 13.2 Å². The summed E-state index contributed by atoms with van der Waals surface area (Å²) in [6.45, 7) is 1.43. The number of halogens is 3. The Morgan fingerprint density at radius 2 is 2.11 bits per heavy atom. The Morgan fingerprint density at radius 1 is 1.37 bits per heavy atom. The van der Waals surface area contributed by atoms with Gasteiger partial charge in [-0.3, -0.25) is 0 Å². The van der Waals surface area contributed by atoms with Gasteiger partial charge in [0.15, 0.2) is 5.01 Å². The van der Waals surface area contributed by atoms with E-state index >= 15 is 0 Å². The quantitative estimate of drug-likeness (QED) is 0.749. The molecule has 0 saturated carbocycles. The van der Waals surface area contributed by atoms with Gasteiger partial charge in [0, 0.05) is 30.8 Å². The van der Waals surface area contributed by atoms with Crippen LogP contribution in [-0.2, 0) is 15.7 Å². The number of hydrogen-bond donors (Lipinski definition) is 1. The summed E-state index contributed by atoms with van der Waals surface area (Å²) in [6.07, 6.45) is -2.53. The molecule has 0 aliphatic carbocycles. The number of ether oxygens (including phenoxy) is 2. The fourth-order valence-corrected chi connectivity index (χ4v) is 2.38. The van der Waals surface area contributed by atoms with Gasteiger partial charge in [-0.25, -0.2) is 4.98 Å². The minimum Gasteiger partial charge on any atom is -0.382 e. The minimum absolute atomic E-state index is 0.184. The standard InChI is InChI=1S/C11H17F3N2O2S/c1-15-8(3-4-18-6-5-17-2)9-7-16-10(19-9)11(12,13)14/h7-8,15H,3-6H2,1-2H3. The van der Waals surface area contributed by atoms with Crippen LogP contribution in [0.4, 0.5) is 13.2 Å². The summed E-state index contributed by atoms with van der Waals surface area (Å²) in [5, 5.41) is 2.15. The molecule has 1 atom stereocenters. The largest absolute Gasteiger partial charge is 0.443 e. The van der Waals surface area contributed by atoms with Gasteiger partial charge in [0.25, 0.3) is 0 Å². The number of aromatic nitrogens is 1. The summed E-state index contributed by atoms with van der Waals surface area (Å²) < 4.78 is 47.5. The van der Waals surface area contributed by atoms with Gasteiger partial charge in [-0.2, -0.15) is 13.2 Å². The molecule has 0 amide bonds. The lowest BCUT2D eigenvalue weighted by Crippen LogP contribution is -2.18. The highest BCUT2D eigenvalue weighted by Gasteiger charge is 2.35. The van der Waals surface area contributed by atoms with Crippen molar-refractivity contribution in [2.45, 2.75) is 18.6 Å². The van der Waals surface area contributed by atoms with E-state index in [0.29, 0.717) is 42.5 Å². The molecule has 1 unspecified atom stereocenters. The fraction of sp³-hybridized carbons (Fsp3) is 0.727. The maximum absolute atomic E-state index is 12.4. The van der Waals surface area contributed by atoms with E-state index in [9.17, 15) is 13.2 Å². The molecule has 0 fully saturated rings. The van der Waals surface area contributed by atoms with Gasteiger partial charge in [0.1, 0.15) is 0 Å². The van der Waals surface area contributed by atoms with E-state index in [1.807, 2.05) is 0 Å². The van der Waals surface area contributed by atoms with Crippen LogP contribution in [-0.4, -0.2) is 39.0 Å². The van der Waals surface area contributed by atoms with Crippen molar-refractivity contribution in [2.75, 3.05) is 34.0 Å². The van der Waals surface area contributed by atoms with E-state index in [-0.39, 0.29) is 6.04 Å². The molecular formula is C11H17F3N2O2S. The molecule has 0 aliphatic heterocycles. The Labute approximate surface area is 113 Å². The molecule has 1 aromatic heterocycles. The van der Waals surface area contributed by atoms with E-state index in [1.165, 1.54) is 6.20 Å². The van der Waals surface area contributed by atoms with Crippen molar-refractivity contribution >= 4 is 11.3 Å². The van der Waals surface area contributed by atoms with Crippen LogP contribution in [0.25, 0.3) is 0 Å². The topological polar surface area (TPSA) is 43.4 Å². The van der Waals surface area contributed by atoms with Gasteiger partial charge in [-0.1, -0.05) is 0 Å². The summed E-state index contributed by atoms with van der Waals surface area (Å²) in [7, 11) is 3.28. The number of alkyl halides is 3. The average Bonchev–Trinajstić information content (AvgIpc) is 2.83. The van der Waals surface area contributed by atoms with Crippen molar-refractivity contribution in [1.29, 1.82) is 0 Å². The molecule has 19 heavy (non-hydrogen) atoms. The normalized spacial score (nSPS) is 13.7. The van der Waals surface area contributed by atoms with Crippen molar-refractivity contribution in [3.05, 3.63) is 16.1 Å². The van der Waals surface area contributed by atoms with Crippen LogP contribution in [0, 0.1) is 0 Å². The van der Waals surface area contributed by atoms with Crippen LogP contribution < -0.4 is 5.32 Å². The van der Waals surface area contributed by atoms with Crippen LogP contribution in [0.5, 0.6) is 0 Å². The lowest BCUT2D eigenvalue weighted by Gasteiger charge is -2.14. The number of nitrogens with one attached hydrogen (secondary N) is 1. The molecule has 0 aromatic carbocycles. The van der Waals surface area contributed by atoms with Crippen molar-refractivity contribution in [3.8, 4) is 0 Å². The highest BCUT2D eigenvalue weighted by molar-refractivity contribution is 7.11. The zero-order valence-electron chi connectivity index (χ0n) is 10.8. The zero-order valence-corrected chi connectivity index (χ0v) is 11.6. The van der Waals surface area contributed by atoms with Crippen LogP contribution in [0.2, 0.25) is 0 Å². The Hall–Kier alpha value is -0.700. The third kappa shape index (κ3) is 5.43. The van der Waals surface area contributed by atoms with E-state index in [4.69, 9.17) is 9.47 Å². The van der Waals surface area contributed by atoms with E-state index < -0.39 is 11.2 Å². The van der Waals surface area contributed by atoms with Gasteiger partial charge in [-0.15, -0.1) is 11.3 Å². The number of rotatable bonds is 8. The first kappa shape index (κ1) is 16.4. The smallest absolute Gasteiger partial charge is 0.382 e. The summed E-state index contributed by atoms with van der Waals surface area (Å²) >= 11 is 0.662. The average molecular weight is 298 g/mol. The second kappa shape index (κ2) is 7.78. The number of methoxy groups -OCH3 is 1. The molecule has 1 aromatic rings. The van der Waals surface area contributed by atoms with Gasteiger partial charge < -0.3 is 14.8 Å². The van der Waals surface area contributed by atoms with Crippen molar-refractivity contribution in [3.63, 3.8) is 0 Å². The first-order chi connectivity index (χ1) is 8.99. The van der Waals surface area contributed by atoms with E-state index in [0.717, 1.165) is 0 Å². The zero-order chi connectivity index (χ0) is 14.3. The summed E-state index contributed by atoms with van der Waals surface area (Å²) in [6, 6.07) is -0.184. The monoisotopic (exact) mass is 298 g/mol. The molecule has 1 heterocycles. The third-order valence-electron chi connectivity index (χ3n) is 2.44. The second-order valence-electron chi connectivity index (χ2n) is 3.80. The Bertz CT molecular complexity index is 371. The molecule has 4 nitrogen and oxygen atoms in total. The summed E-state index contributed by atoms with van der Waals surface area (Å²) in [4.78, 5) is 3.97. The highest BCUT2D eigenvalue weighted by atomic mass is 32.1. The lowest BCUT2D eigenvalue weighted by molar-refractivity contribution is -0.137. The Morgan fingerprint density at radius 3 is 2.63 bits per heavy atom. The minimum atomic E-state index is -4.38. The first-order valence-electron chi connectivity index (χ1n) is 5.76. The lowest BCUT2D eigenvalue weighted by atomic mass is 10.2. The van der Waals surface area contributed by atoms with Crippen LogP contribution in [0.3, 0.4) is 0 Å². The summed E-state index contributed by atoms with van der Waals surface area (Å²) in [5.74, 6) is 0. The predicted octanol–water partition coefficient (Wildman–Crippen LogP) is 2.48. The SMILES string of the molecule is CNC(CCOCCOC)c1cnc(C(F)(F)F)s1. The Kier molecular flexibility index (Phi) is 6.70. The summed E-state index contributed by atoms with van der Waals surface area (Å²) in [5.41, 5.74) is 0. The predicted molar refractivity (Wildman–Crippen MR) is 66.2 cm³/mol. The number of thiazole rings is 1. The molecule has 0 aliphatic rings. The molecular weight excluding hydrogens is 281 g/mol. The highest BCUT2D eigenvalue weighted by Crippen LogP contribution is 2.34. The molecule has 0 radical (unpaired) electrons. The van der Waals surface area contributed by atoms with Crippen molar-refractivity contribution in [1.82, 2.24) is 10.3 Å². The first-order valence-corrected chi connectivity index (χ1v) is 6.57. The number of hydrogen-bond acceptors (Lipinski definition) is 5. The van der Waals surface area contributed by atoms with Gasteiger partial charge in [-0.05, 0) is 13.5 Å². The van der Waals surface area contributed by atoms with Crippen LogP contribution >= 0.6 is 11.3 Å². The van der Waals surface area contributed by atoms with Crippen molar-refractivity contribution in [2.24, 2.45) is 0 Å². The van der Waals surface area contributed by atoms with Gasteiger partial charge in [0.2, 0.25) is 0 Å². The third-order valence-corrected chi connectivity index (χ3v) is 3.60. The molecule has 0 bridgehead atoms. The maximum atomic E-state index is 12.4. The van der Waals surface area contributed by atoms with E-state index in [1.54, 1.807) is 14.2 Å². The molecule has 110 valence electrons. The van der Waals surface area contributed by atoms with Gasteiger partial charge >= 0.3 is 6.18 Å². The molecule has 0 saturated heterocycles. The maximum Gasteiger partial charge on any atom is 0.443 e. The van der Waals surface area contributed by atoms with Crippen LogP contribution in [0.1, 0.15) is 22.3 Å². The molecule has 1 N–H and O–H groups in total.